The lowest BCUT2D eigenvalue weighted by atomic mass is 9.97. The van der Waals surface area contributed by atoms with E-state index in [4.69, 9.17) is 0 Å². The molecule has 0 bridgehead atoms. The van der Waals surface area contributed by atoms with Crippen LogP contribution in [0.1, 0.15) is 20.8 Å². The first-order valence-electron chi connectivity index (χ1n) is 4.47. The van der Waals surface area contributed by atoms with E-state index in [-0.39, 0.29) is 0 Å². The van der Waals surface area contributed by atoms with E-state index in [2.05, 4.69) is 72.9 Å². The first-order chi connectivity index (χ1) is 5.97. The molecule has 1 N–H and O–H groups in total. The van der Waals surface area contributed by atoms with Gasteiger partial charge in [0.15, 0.2) is 0 Å². The molecule has 0 amide bonds. The highest BCUT2D eigenvalue weighted by molar-refractivity contribution is 14.1. The largest absolute Gasteiger partial charge is 0.384 e. The van der Waals surface area contributed by atoms with Gasteiger partial charge < -0.3 is 5.32 Å². The first-order valence-corrected chi connectivity index (χ1v) is 5.55. The summed E-state index contributed by atoms with van der Waals surface area (Å²) in [5.74, 6) is 0. The van der Waals surface area contributed by atoms with E-state index < -0.39 is 0 Å². The summed E-state index contributed by atoms with van der Waals surface area (Å²) < 4.78 is 1.27. The molecule has 1 aromatic carbocycles. The minimum atomic E-state index is 0.335. The fraction of sp³-hybridized carbons (Fsp3) is 0.455. The molecule has 2 heteroatoms. The van der Waals surface area contributed by atoms with Gasteiger partial charge in [-0.3, -0.25) is 0 Å². The summed E-state index contributed by atoms with van der Waals surface area (Å²) in [5, 5.41) is 3.42. The summed E-state index contributed by atoms with van der Waals surface area (Å²) in [5.41, 5.74) is 1.54. The highest BCUT2D eigenvalue weighted by atomic mass is 127. The first kappa shape index (κ1) is 10.8. The van der Waals surface area contributed by atoms with Crippen molar-refractivity contribution in [3.05, 3.63) is 27.8 Å². The average Bonchev–Trinajstić information content (AvgIpc) is 2.00. The van der Waals surface area contributed by atoms with Gasteiger partial charge >= 0.3 is 0 Å². The maximum atomic E-state index is 3.42. The van der Waals surface area contributed by atoms with Gasteiger partial charge in [0.05, 0.1) is 0 Å². The lowest BCUT2D eigenvalue weighted by Gasteiger charge is -2.19. The van der Waals surface area contributed by atoms with Crippen LogP contribution in [0.2, 0.25) is 0 Å². The number of halogens is 1. The van der Waals surface area contributed by atoms with Crippen LogP contribution in [0, 0.1) is 8.99 Å². The predicted molar refractivity (Wildman–Crippen MR) is 67.1 cm³/mol. The quantitative estimate of drug-likeness (QED) is 0.818. The van der Waals surface area contributed by atoms with Crippen LogP contribution in [0.25, 0.3) is 0 Å². The zero-order valence-corrected chi connectivity index (χ0v) is 10.6. The molecule has 0 atom stereocenters. The Morgan fingerprint density at radius 2 is 2.00 bits per heavy atom. The Hall–Kier alpha value is -0.250. The second-order valence-corrected chi connectivity index (χ2v) is 5.67. The van der Waals surface area contributed by atoms with Crippen molar-refractivity contribution in [2.75, 3.05) is 11.9 Å². The second kappa shape index (κ2) is 4.31. The smallest absolute Gasteiger partial charge is 0.0350 e. The molecule has 1 rings (SSSR count). The molecular formula is C11H16IN. The van der Waals surface area contributed by atoms with Crippen LogP contribution in [0.3, 0.4) is 0 Å². The summed E-state index contributed by atoms with van der Waals surface area (Å²) >= 11 is 2.33. The molecule has 1 nitrogen and oxygen atoms in total. The molecule has 0 radical (unpaired) electrons. The van der Waals surface area contributed by atoms with Crippen LogP contribution in [-0.4, -0.2) is 6.54 Å². The van der Waals surface area contributed by atoms with Gasteiger partial charge in [0.1, 0.15) is 0 Å². The highest BCUT2D eigenvalue weighted by Crippen LogP contribution is 2.17. The minimum Gasteiger partial charge on any atom is -0.384 e. The molecule has 0 aliphatic heterocycles. The van der Waals surface area contributed by atoms with E-state index in [0.29, 0.717) is 5.41 Å². The summed E-state index contributed by atoms with van der Waals surface area (Å²) in [7, 11) is 0. The third kappa shape index (κ3) is 4.50. The molecule has 0 fully saturated rings. The summed E-state index contributed by atoms with van der Waals surface area (Å²) in [6.45, 7) is 7.70. The van der Waals surface area contributed by atoms with Gasteiger partial charge in [0.25, 0.3) is 0 Å². The van der Waals surface area contributed by atoms with Gasteiger partial charge in [-0.2, -0.15) is 0 Å². The molecule has 0 saturated heterocycles. The molecule has 0 heterocycles. The summed E-state index contributed by atoms with van der Waals surface area (Å²) in [6.07, 6.45) is 0. The van der Waals surface area contributed by atoms with Gasteiger partial charge in [0, 0.05) is 15.8 Å². The summed E-state index contributed by atoms with van der Waals surface area (Å²) in [6, 6.07) is 8.44. The lowest BCUT2D eigenvalue weighted by molar-refractivity contribution is 0.443. The molecule has 13 heavy (non-hydrogen) atoms. The van der Waals surface area contributed by atoms with Crippen molar-refractivity contribution < 1.29 is 0 Å². The number of nitrogens with one attached hydrogen (secondary N) is 1. The third-order valence-corrected chi connectivity index (χ3v) is 2.32. The molecular weight excluding hydrogens is 273 g/mol. The van der Waals surface area contributed by atoms with Crippen LogP contribution in [0.4, 0.5) is 5.69 Å². The van der Waals surface area contributed by atoms with Crippen LogP contribution in [-0.2, 0) is 0 Å². The maximum Gasteiger partial charge on any atom is 0.0350 e. The molecule has 0 aliphatic carbocycles. The Morgan fingerprint density at radius 1 is 1.31 bits per heavy atom. The zero-order valence-electron chi connectivity index (χ0n) is 8.39. The van der Waals surface area contributed by atoms with E-state index in [9.17, 15) is 0 Å². The van der Waals surface area contributed by atoms with E-state index in [1.165, 1.54) is 9.26 Å². The number of rotatable bonds is 2. The second-order valence-electron chi connectivity index (χ2n) is 4.42. The van der Waals surface area contributed by atoms with Crippen molar-refractivity contribution >= 4 is 28.3 Å². The Balaban J connectivity index is 2.55. The SMILES string of the molecule is CC(C)(C)CNc1cccc(I)c1. The Kier molecular flexibility index (Phi) is 3.59. The molecule has 72 valence electrons. The fourth-order valence-electron chi connectivity index (χ4n) is 0.966. The van der Waals surface area contributed by atoms with Crippen LogP contribution in [0.15, 0.2) is 24.3 Å². The van der Waals surface area contributed by atoms with Crippen molar-refractivity contribution in [2.45, 2.75) is 20.8 Å². The van der Waals surface area contributed by atoms with E-state index in [1.807, 2.05) is 0 Å². The monoisotopic (exact) mass is 289 g/mol. The molecule has 0 spiro atoms. The predicted octanol–water partition coefficient (Wildman–Crippen LogP) is 3.75. The van der Waals surface area contributed by atoms with Crippen molar-refractivity contribution in [3.8, 4) is 0 Å². The van der Waals surface area contributed by atoms with Gasteiger partial charge in [-0.1, -0.05) is 26.8 Å². The summed E-state index contributed by atoms with van der Waals surface area (Å²) in [4.78, 5) is 0. The van der Waals surface area contributed by atoms with E-state index >= 15 is 0 Å². The standard InChI is InChI=1S/C11H16IN/c1-11(2,3)8-13-10-6-4-5-9(12)7-10/h4-7,13H,8H2,1-3H3. The van der Waals surface area contributed by atoms with Gasteiger partial charge in [0.2, 0.25) is 0 Å². The zero-order chi connectivity index (χ0) is 9.90. The molecule has 0 saturated carbocycles. The number of hydrogen-bond donors (Lipinski definition) is 1. The number of benzene rings is 1. The van der Waals surface area contributed by atoms with Crippen molar-refractivity contribution in [2.24, 2.45) is 5.41 Å². The minimum absolute atomic E-state index is 0.335. The molecule has 1 aromatic rings. The van der Waals surface area contributed by atoms with E-state index in [0.717, 1.165) is 6.54 Å². The number of hydrogen-bond acceptors (Lipinski definition) is 1. The van der Waals surface area contributed by atoms with Gasteiger partial charge in [-0.05, 0) is 46.2 Å². The average molecular weight is 289 g/mol. The number of anilines is 1. The normalized spacial score (nSPS) is 11.4. The molecule has 0 aromatic heterocycles. The fourth-order valence-corrected chi connectivity index (χ4v) is 1.51. The van der Waals surface area contributed by atoms with Crippen LogP contribution < -0.4 is 5.32 Å². The molecule has 0 unspecified atom stereocenters. The van der Waals surface area contributed by atoms with Gasteiger partial charge in [-0.25, -0.2) is 0 Å². The van der Waals surface area contributed by atoms with Crippen LogP contribution >= 0.6 is 22.6 Å². The van der Waals surface area contributed by atoms with Crippen LogP contribution in [0.5, 0.6) is 0 Å². The maximum absolute atomic E-state index is 3.42. The lowest BCUT2D eigenvalue weighted by Crippen LogP contribution is -2.18. The highest BCUT2D eigenvalue weighted by Gasteiger charge is 2.08. The van der Waals surface area contributed by atoms with Crippen molar-refractivity contribution in [1.29, 1.82) is 0 Å². The Morgan fingerprint density at radius 3 is 2.54 bits per heavy atom. The molecule has 0 aliphatic rings. The van der Waals surface area contributed by atoms with Crippen molar-refractivity contribution in [1.82, 2.24) is 0 Å². The third-order valence-electron chi connectivity index (χ3n) is 1.65. The van der Waals surface area contributed by atoms with Gasteiger partial charge in [-0.15, -0.1) is 0 Å². The Bertz CT molecular complexity index is 276. The topological polar surface area (TPSA) is 12.0 Å². The van der Waals surface area contributed by atoms with Crippen molar-refractivity contribution in [3.63, 3.8) is 0 Å². The Labute approximate surface area is 94.1 Å². The van der Waals surface area contributed by atoms with E-state index in [1.54, 1.807) is 0 Å².